The second-order valence-corrected chi connectivity index (χ2v) is 7.39. The summed E-state index contributed by atoms with van der Waals surface area (Å²) in [6.45, 7) is -0.00591. The molecule has 0 radical (unpaired) electrons. The monoisotopic (exact) mass is 415 g/mol. The van der Waals surface area contributed by atoms with Crippen molar-refractivity contribution >= 4 is 28.4 Å². The smallest absolute Gasteiger partial charge is 0.275 e. The van der Waals surface area contributed by atoms with Crippen molar-refractivity contribution in [3.63, 3.8) is 0 Å². The molecule has 2 heterocycles. The Morgan fingerprint density at radius 2 is 2.17 bits per heavy atom. The molecule has 11 heteroatoms. The summed E-state index contributed by atoms with van der Waals surface area (Å²) in [5, 5.41) is 30.1. The van der Waals surface area contributed by atoms with E-state index in [-0.39, 0.29) is 23.5 Å². The molecule has 3 aromatic rings. The first kappa shape index (κ1) is 20.0. The highest BCUT2D eigenvalue weighted by molar-refractivity contribution is 6.07. The molecule has 4 rings (SSSR count). The Morgan fingerprint density at radius 1 is 1.37 bits per heavy atom. The number of rotatable bonds is 5. The second-order valence-electron chi connectivity index (χ2n) is 7.39. The van der Waals surface area contributed by atoms with Gasteiger partial charge in [0.05, 0.1) is 29.3 Å². The molecule has 1 fully saturated rings. The van der Waals surface area contributed by atoms with Crippen LogP contribution < -0.4 is 11.1 Å². The van der Waals surface area contributed by atoms with Gasteiger partial charge in [0.1, 0.15) is 12.1 Å². The molecule has 1 aliphatic carbocycles. The summed E-state index contributed by atoms with van der Waals surface area (Å²) in [6.07, 6.45) is 0.545. The molecule has 10 nitrogen and oxygen atoms in total. The molecule has 1 amide bonds. The lowest BCUT2D eigenvalue weighted by Gasteiger charge is -2.20. The first-order chi connectivity index (χ1) is 14.4. The Morgan fingerprint density at radius 3 is 2.90 bits per heavy atom. The number of carbonyl (C=O) groups is 1. The normalized spacial score (nSPS) is 21.1. The third-order valence-corrected chi connectivity index (χ3v) is 5.33. The van der Waals surface area contributed by atoms with E-state index in [2.05, 4.69) is 25.5 Å². The SMILES string of the molecule is CN(Cc1cccc(N)c1F)C(=O)c1n[nH]c2ncnc(N[C@@H]3CC[C@@H](O)[C@H]3O)c12. The van der Waals surface area contributed by atoms with Crippen molar-refractivity contribution in [2.75, 3.05) is 18.1 Å². The van der Waals surface area contributed by atoms with Crippen molar-refractivity contribution in [1.29, 1.82) is 0 Å². The molecule has 0 saturated heterocycles. The van der Waals surface area contributed by atoms with Crippen LogP contribution >= 0.6 is 0 Å². The van der Waals surface area contributed by atoms with Crippen LogP contribution in [0.4, 0.5) is 15.9 Å². The molecule has 0 aliphatic heterocycles. The van der Waals surface area contributed by atoms with Crippen molar-refractivity contribution in [1.82, 2.24) is 25.1 Å². The number of fused-ring (bicyclic) bond motifs is 1. The topological polar surface area (TPSA) is 153 Å². The molecule has 0 spiro atoms. The molecule has 1 aromatic carbocycles. The van der Waals surface area contributed by atoms with Gasteiger partial charge in [-0.3, -0.25) is 9.89 Å². The fourth-order valence-electron chi connectivity index (χ4n) is 3.65. The number of aromatic amines is 1. The fraction of sp³-hybridized carbons (Fsp3) is 0.368. The standard InChI is InChI=1S/C19H22FN7O3/c1-27(7-9-3-2-4-10(21)14(9)20)19(30)15-13-17(22-8-23-18(13)26-25-15)24-11-5-6-12(28)16(11)29/h2-4,8,11-12,16,28-29H,5-7,21H2,1H3,(H2,22,23,24,25,26)/t11-,12-,16+/m1/s1. The average Bonchev–Trinajstić information content (AvgIpc) is 3.30. The van der Waals surface area contributed by atoms with Crippen LogP contribution in [0, 0.1) is 5.82 Å². The van der Waals surface area contributed by atoms with E-state index in [9.17, 15) is 19.4 Å². The number of halogens is 1. The molecular weight excluding hydrogens is 393 g/mol. The van der Waals surface area contributed by atoms with E-state index >= 15 is 0 Å². The van der Waals surface area contributed by atoms with Crippen molar-refractivity contribution in [3.8, 4) is 0 Å². The van der Waals surface area contributed by atoms with Gasteiger partial charge in [-0.25, -0.2) is 14.4 Å². The number of hydrogen-bond donors (Lipinski definition) is 5. The summed E-state index contributed by atoms with van der Waals surface area (Å²) >= 11 is 0. The fourth-order valence-corrected chi connectivity index (χ4v) is 3.65. The lowest BCUT2D eigenvalue weighted by molar-refractivity contribution is 0.0392. The van der Waals surface area contributed by atoms with Crippen LogP contribution in [0.1, 0.15) is 28.9 Å². The van der Waals surface area contributed by atoms with Crippen molar-refractivity contribution in [2.24, 2.45) is 0 Å². The van der Waals surface area contributed by atoms with E-state index in [1.807, 2.05) is 0 Å². The quantitative estimate of drug-likeness (QED) is 0.381. The number of benzene rings is 1. The largest absolute Gasteiger partial charge is 0.396 e. The molecule has 0 bridgehead atoms. The van der Waals surface area contributed by atoms with E-state index in [4.69, 9.17) is 5.73 Å². The first-order valence-corrected chi connectivity index (χ1v) is 9.47. The van der Waals surface area contributed by atoms with Gasteiger partial charge in [0, 0.05) is 19.2 Å². The zero-order valence-electron chi connectivity index (χ0n) is 16.2. The highest BCUT2D eigenvalue weighted by Crippen LogP contribution is 2.28. The number of aliphatic hydroxyl groups excluding tert-OH is 2. The number of nitrogens with one attached hydrogen (secondary N) is 2. The van der Waals surface area contributed by atoms with E-state index in [0.717, 1.165) is 0 Å². The molecule has 2 aromatic heterocycles. The van der Waals surface area contributed by atoms with Crippen LogP contribution in [0.25, 0.3) is 11.0 Å². The summed E-state index contributed by atoms with van der Waals surface area (Å²) in [5.41, 5.74) is 6.30. The number of nitrogen functional groups attached to an aromatic ring is 1. The molecule has 30 heavy (non-hydrogen) atoms. The van der Waals surface area contributed by atoms with Gasteiger partial charge in [0.25, 0.3) is 5.91 Å². The van der Waals surface area contributed by atoms with Crippen LogP contribution in [0.3, 0.4) is 0 Å². The number of amides is 1. The molecule has 1 saturated carbocycles. The predicted molar refractivity (Wildman–Crippen MR) is 107 cm³/mol. The van der Waals surface area contributed by atoms with Crippen LogP contribution in [-0.2, 0) is 6.54 Å². The van der Waals surface area contributed by atoms with Gasteiger partial charge >= 0.3 is 0 Å². The number of aromatic nitrogens is 4. The molecule has 1 aliphatic rings. The van der Waals surface area contributed by atoms with Gasteiger partial charge in [-0.05, 0) is 18.9 Å². The van der Waals surface area contributed by atoms with Crippen LogP contribution in [0.2, 0.25) is 0 Å². The zero-order valence-corrected chi connectivity index (χ0v) is 16.2. The van der Waals surface area contributed by atoms with E-state index in [1.54, 1.807) is 12.1 Å². The third-order valence-electron chi connectivity index (χ3n) is 5.33. The number of anilines is 2. The number of nitrogens with zero attached hydrogens (tertiary/aromatic N) is 4. The maximum Gasteiger partial charge on any atom is 0.275 e. The van der Waals surface area contributed by atoms with E-state index in [0.29, 0.717) is 29.7 Å². The van der Waals surface area contributed by atoms with Gasteiger partial charge in [0.15, 0.2) is 17.2 Å². The van der Waals surface area contributed by atoms with Crippen LogP contribution in [0.5, 0.6) is 0 Å². The highest BCUT2D eigenvalue weighted by Gasteiger charge is 2.34. The molecular formula is C19H22FN7O3. The summed E-state index contributed by atoms with van der Waals surface area (Å²) in [7, 11) is 1.53. The van der Waals surface area contributed by atoms with Crippen molar-refractivity contribution in [2.45, 2.75) is 37.6 Å². The van der Waals surface area contributed by atoms with Gasteiger partial charge in [0.2, 0.25) is 0 Å². The highest BCUT2D eigenvalue weighted by atomic mass is 19.1. The van der Waals surface area contributed by atoms with Gasteiger partial charge in [-0.2, -0.15) is 5.10 Å². The van der Waals surface area contributed by atoms with Gasteiger partial charge in [-0.1, -0.05) is 12.1 Å². The number of nitrogens with two attached hydrogens (primary N) is 1. The Kier molecular flexibility index (Phi) is 5.22. The van der Waals surface area contributed by atoms with Crippen LogP contribution in [-0.4, -0.2) is 66.5 Å². The van der Waals surface area contributed by atoms with Crippen LogP contribution in [0.15, 0.2) is 24.5 Å². The number of H-pyrrole nitrogens is 1. The van der Waals surface area contributed by atoms with Gasteiger partial charge in [-0.15, -0.1) is 0 Å². The summed E-state index contributed by atoms with van der Waals surface area (Å²) < 4.78 is 14.2. The lowest BCUT2D eigenvalue weighted by Crippen LogP contribution is -2.34. The lowest BCUT2D eigenvalue weighted by atomic mass is 10.1. The number of carbonyl (C=O) groups excluding carboxylic acids is 1. The minimum atomic E-state index is -0.949. The Labute approximate surface area is 170 Å². The Balaban J connectivity index is 1.62. The van der Waals surface area contributed by atoms with Crippen molar-refractivity contribution < 1.29 is 19.4 Å². The number of hydrogen-bond acceptors (Lipinski definition) is 8. The number of aliphatic hydroxyl groups is 2. The molecule has 6 N–H and O–H groups in total. The maximum atomic E-state index is 14.2. The van der Waals surface area contributed by atoms with Gasteiger partial charge < -0.3 is 26.2 Å². The summed E-state index contributed by atoms with van der Waals surface area (Å²) in [6, 6.07) is 4.20. The minimum Gasteiger partial charge on any atom is -0.396 e. The molecule has 3 atom stereocenters. The van der Waals surface area contributed by atoms with E-state index < -0.39 is 30.0 Å². The molecule has 0 unspecified atom stereocenters. The summed E-state index contributed by atoms with van der Waals surface area (Å²) in [4.78, 5) is 22.6. The molecule has 158 valence electrons. The van der Waals surface area contributed by atoms with Crippen molar-refractivity contribution in [3.05, 3.63) is 41.6 Å². The maximum absolute atomic E-state index is 14.2. The first-order valence-electron chi connectivity index (χ1n) is 9.47. The minimum absolute atomic E-state index is 0.00591. The Bertz CT molecular complexity index is 1090. The Hall–Kier alpha value is -3.31. The average molecular weight is 415 g/mol. The third kappa shape index (κ3) is 3.53. The predicted octanol–water partition coefficient (Wildman–Crippen LogP) is 0.642. The van der Waals surface area contributed by atoms with E-state index in [1.165, 1.54) is 24.3 Å². The second kappa shape index (κ2) is 7.84. The zero-order chi connectivity index (χ0) is 21.4. The summed E-state index contributed by atoms with van der Waals surface area (Å²) in [5.74, 6) is -0.713.